The van der Waals surface area contributed by atoms with Gasteiger partial charge in [0.25, 0.3) is 0 Å². The van der Waals surface area contributed by atoms with Crippen LogP contribution in [0.3, 0.4) is 0 Å². The molecule has 1 nitrogen and oxygen atoms in total. The van der Waals surface area contributed by atoms with Crippen LogP contribution in [0.25, 0.3) is 0 Å². The highest BCUT2D eigenvalue weighted by molar-refractivity contribution is 9.11. The fraction of sp³-hybridized carbons (Fsp3) is 0. The van der Waals surface area contributed by atoms with Crippen molar-refractivity contribution in [3.05, 3.63) is 23.1 Å². The molecule has 0 unspecified atom stereocenters. The van der Waals surface area contributed by atoms with Gasteiger partial charge in [-0.15, -0.1) is 0 Å². The Kier molecular flexibility index (Phi) is 3.35. The lowest BCUT2D eigenvalue weighted by Crippen LogP contribution is -1.62. The highest BCUT2D eigenvalue weighted by atomic mass is 79.9. The maximum atomic E-state index is 11.9. The van der Waals surface area contributed by atoms with E-state index in [0.717, 1.165) is 6.08 Å². The lowest BCUT2D eigenvalue weighted by molar-refractivity contribution is 0.630. The smallest absolute Gasteiger partial charge is 0.213 e. The van der Waals surface area contributed by atoms with Gasteiger partial charge in [-0.3, -0.25) is 0 Å². The Morgan fingerprint density at radius 2 is 2.25 bits per heavy atom. The lowest BCUT2D eigenvalue weighted by atomic mass is 10.6. The molecule has 0 rings (SSSR count). The van der Waals surface area contributed by atoms with E-state index < -0.39 is 5.95 Å². The van der Waals surface area contributed by atoms with Crippen molar-refractivity contribution in [1.29, 1.82) is 0 Å². The molecule has 0 N–H and O–H groups in total. The molecule has 0 radical (unpaired) electrons. The van der Waals surface area contributed by atoms with E-state index in [9.17, 15) is 4.39 Å². The molecule has 0 atom stereocenters. The zero-order valence-electron chi connectivity index (χ0n) is 4.19. The Morgan fingerprint density at radius 3 is 2.38 bits per heavy atom. The third-order valence-corrected chi connectivity index (χ3v) is 0.656. The SMILES string of the molecule is C=N/C(F)=C\C(=C)Br. The van der Waals surface area contributed by atoms with E-state index in [0.29, 0.717) is 4.48 Å². The van der Waals surface area contributed by atoms with Crippen LogP contribution in [0, 0.1) is 0 Å². The lowest BCUT2D eigenvalue weighted by Gasteiger charge is -1.81. The Morgan fingerprint density at radius 1 is 1.75 bits per heavy atom. The van der Waals surface area contributed by atoms with Crippen LogP contribution >= 0.6 is 15.9 Å². The second-order valence-corrected chi connectivity index (χ2v) is 2.09. The van der Waals surface area contributed by atoms with Crippen LogP contribution in [-0.4, -0.2) is 6.72 Å². The number of halogens is 2. The van der Waals surface area contributed by atoms with Gasteiger partial charge < -0.3 is 0 Å². The van der Waals surface area contributed by atoms with Crippen molar-refractivity contribution in [3.63, 3.8) is 0 Å². The molecule has 0 bridgehead atoms. The minimum absolute atomic E-state index is 0.447. The number of allylic oxidation sites excluding steroid dienone is 2. The molecule has 8 heavy (non-hydrogen) atoms. The summed E-state index contributed by atoms with van der Waals surface area (Å²) in [5.41, 5.74) is 0. The largest absolute Gasteiger partial charge is 0.236 e. The van der Waals surface area contributed by atoms with Gasteiger partial charge in [0.1, 0.15) is 0 Å². The molecule has 0 aliphatic rings. The van der Waals surface area contributed by atoms with Crippen LogP contribution in [0.1, 0.15) is 0 Å². The van der Waals surface area contributed by atoms with Gasteiger partial charge in [-0.2, -0.15) is 4.39 Å². The van der Waals surface area contributed by atoms with Crippen molar-refractivity contribution in [1.82, 2.24) is 0 Å². The summed E-state index contributed by atoms with van der Waals surface area (Å²) in [5.74, 6) is -0.633. The topological polar surface area (TPSA) is 12.4 Å². The first kappa shape index (κ1) is 7.56. The molecule has 0 spiro atoms. The van der Waals surface area contributed by atoms with Crippen molar-refractivity contribution < 1.29 is 4.39 Å². The van der Waals surface area contributed by atoms with Crippen molar-refractivity contribution >= 4 is 22.6 Å². The fourth-order valence-corrected chi connectivity index (χ4v) is 0.364. The monoisotopic (exact) mass is 177 g/mol. The molecular formula is C5H5BrFN. The van der Waals surface area contributed by atoms with Crippen LogP contribution in [0.4, 0.5) is 4.39 Å². The molecule has 0 aliphatic heterocycles. The molecule has 44 valence electrons. The van der Waals surface area contributed by atoms with Crippen LogP contribution in [-0.2, 0) is 0 Å². The van der Waals surface area contributed by atoms with E-state index in [2.05, 4.69) is 34.2 Å². The summed E-state index contributed by atoms with van der Waals surface area (Å²) in [6.45, 7) is 6.31. The van der Waals surface area contributed by atoms with Crippen LogP contribution in [0.15, 0.2) is 28.1 Å². The van der Waals surface area contributed by atoms with Crippen molar-refractivity contribution in [2.75, 3.05) is 0 Å². The van der Waals surface area contributed by atoms with Gasteiger partial charge in [-0.1, -0.05) is 22.5 Å². The van der Waals surface area contributed by atoms with E-state index in [1.165, 1.54) is 0 Å². The normalized spacial score (nSPS) is 11.0. The second-order valence-electron chi connectivity index (χ2n) is 1.07. The second kappa shape index (κ2) is 3.55. The molecular weight excluding hydrogens is 173 g/mol. The number of rotatable bonds is 2. The number of hydrogen-bond donors (Lipinski definition) is 0. The van der Waals surface area contributed by atoms with Crippen molar-refractivity contribution in [2.24, 2.45) is 4.99 Å². The first-order valence-corrected chi connectivity index (χ1v) is 2.64. The summed E-state index contributed by atoms with van der Waals surface area (Å²) in [4.78, 5) is 2.98. The van der Waals surface area contributed by atoms with Gasteiger partial charge in [0.15, 0.2) is 0 Å². The molecule has 0 heterocycles. The predicted octanol–water partition coefficient (Wildman–Crippen LogP) is 2.41. The summed E-state index contributed by atoms with van der Waals surface area (Å²) in [6.07, 6.45) is 1.13. The summed E-state index contributed by atoms with van der Waals surface area (Å²) in [7, 11) is 0. The summed E-state index contributed by atoms with van der Waals surface area (Å²) in [5, 5.41) is 0. The summed E-state index contributed by atoms with van der Waals surface area (Å²) in [6, 6.07) is 0. The van der Waals surface area contributed by atoms with Crippen molar-refractivity contribution in [3.8, 4) is 0 Å². The fourth-order valence-electron chi connectivity index (χ4n) is 0.175. The standard InChI is InChI=1S/C5H5BrFN/c1-4(6)3-5(7)8-2/h3H,1-2H2/b5-3-. The van der Waals surface area contributed by atoms with E-state index in [1.807, 2.05) is 0 Å². The minimum Gasteiger partial charge on any atom is -0.236 e. The van der Waals surface area contributed by atoms with Crippen LogP contribution in [0.5, 0.6) is 0 Å². The molecule has 0 saturated heterocycles. The quantitative estimate of drug-likeness (QED) is 0.349. The Labute approximate surface area is 55.7 Å². The predicted molar refractivity (Wildman–Crippen MR) is 36.8 cm³/mol. The van der Waals surface area contributed by atoms with Gasteiger partial charge in [0.05, 0.1) is 0 Å². The average molecular weight is 178 g/mol. The van der Waals surface area contributed by atoms with Crippen LogP contribution in [0.2, 0.25) is 0 Å². The van der Waals surface area contributed by atoms with Gasteiger partial charge in [0.2, 0.25) is 5.95 Å². The molecule has 0 aromatic carbocycles. The van der Waals surface area contributed by atoms with Gasteiger partial charge in [0, 0.05) is 10.6 Å². The molecule has 0 fully saturated rings. The Balaban J connectivity index is 3.94. The molecule has 0 amide bonds. The Bertz CT molecular complexity index is 139. The maximum absolute atomic E-state index is 11.9. The molecule has 3 heteroatoms. The highest BCUT2D eigenvalue weighted by Crippen LogP contribution is 2.07. The zero-order valence-corrected chi connectivity index (χ0v) is 5.78. The maximum Gasteiger partial charge on any atom is 0.213 e. The Hall–Kier alpha value is -0.440. The summed E-state index contributed by atoms with van der Waals surface area (Å²) >= 11 is 2.92. The number of nitrogens with zero attached hydrogens (tertiary/aromatic N) is 1. The van der Waals surface area contributed by atoms with Crippen LogP contribution < -0.4 is 0 Å². The average Bonchev–Trinajstić information content (AvgIpc) is 1.65. The molecule has 0 saturated carbocycles. The highest BCUT2D eigenvalue weighted by Gasteiger charge is 1.84. The zero-order chi connectivity index (χ0) is 6.57. The third-order valence-electron chi connectivity index (χ3n) is 0.427. The van der Waals surface area contributed by atoms with E-state index >= 15 is 0 Å². The number of aliphatic imine (C=N–C) groups is 1. The van der Waals surface area contributed by atoms with E-state index in [4.69, 9.17) is 0 Å². The van der Waals surface area contributed by atoms with Gasteiger partial charge >= 0.3 is 0 Å². The van der Waals surface area contributed by atoms with Gasteiger partial charge in [-0.05, 0) is 6.72 Å². The molecule has 0 aromatic rings. The van der Waals surface area contributed by atoms with Gasteiger partial charge in [-0.25, -0.2) is 4.99 Å². The van der Waals surface area contributed by atoms with E-state index in [1.54, 1.807) is 0 Å². The molecule has 0 aromatic heterocycles. The van der Waals surface area contributed by atoms with E-state index in [-0.39, 0.29) is 0 Å². The summed E-state index contributed by atoms with van der Waals surface area (Å²) < 4.78 is 12.4. The number of hydrogen-bond acceptors (Lipinski definition) is 1. The third kappa shape index (κ3) is 3.74. The molecule has 0 aliphatic carbocycles. The van der Waals surface area contributed by atoms with Crippen molar-refractivity contribution in [2.45, 2.75) is 0 Å². The minimum atomic E-state index is -0.633. The first-order chi connectivity index (χ1) is 3.66. The first-order valence-electron chi connectivity index (χ1n) is 1.85.